The summed E-state index contributed by atoms with van der Waals surface area (Å²) in [6.45, 7) is 2.97. The standard InChI is InChI=1S/C16H25NO4/c1-5-13-8-11(6-7-21-13)17-12-9-14(18-2)16(20-4)15(10-12)19-3/h9-11,13,17H,5-8H2,1-4H3. The van der Waals surface area contributed by atoms with E-state index in [4.69, 9.17) is 18.9 Å². The molecule has 5 nitrogen and oxygen atoms in total. The maximum absolute atomic E-state index is 5.71. The summed E-state index contributed by atoms with van der Waals surface area (Å²) in [5.41, 5.74) is 0.978. The number of rotatable bonds is 6. The maximum atomic E-state index is 5.71. The van der Waals surface area contributed by atoms with Crippen molar-refractivity contribution in [3.63, 3.8) is 0 Å². The average molecular weight is 295 g/mol. The SMILES string of the molecule is CCC1CC(Nc2cc(OC)c(OC)c(OC)c2)CCO1. The summed E-state index contributed by atoms with van der Waals surface area (Å²) in [6.07, 6.45) is 3.42. The minimum absolute atomic E-state index is 0.346. The fourth-order valence-electron chi connectivity index (χ4n) is 2.70. The van der Waals surface area contributed by atoms with Crippen LogP contribution in [0.5, 0.6) is 17.2 Å². The van der Waals surface area contributed by atoms with E-state index in [2.05, 4.69) is 12.2 Å². The number of benzene rings is 1. The lowest BCUT2D eigenvalue weighted by molar-refractivity contribution is 0.00925. The Hall–Kier alpha value is -1.62. The van der Waals surface area contributed by atoms with Gasteiger partial charge in [0.25, 0.3) is 0 Å². The molecule has 21 heavy (non-hydrogen) atoms. The predicted molar refractivity (Wildman–Crippen MR) is 82.8 cm³/mol. The van der Waals surface area contributed by atoms with Gasteiger partial charge in [0.2, 0.25) is 5.75 Å². The van der Waals surface area contributed by atoms with Crippen LogP contribution in [0.4, 0.5) is 5.69 Å². The van der Waals surface area contributed by atoms with Crippen LogP contribution >= 0.6 is 0 Å². The zero-order valence-corrected chi connectivity index (χ0v) is 13.3. The van der Waals surface area contributed by atoms with Crippen molar-refractivity contribution in [2.75, 3.05) is 33.3 Å². The first-order valence-electron chi connectivity index (χ1n) is 7.39. The van der Waals surface area contributed by atoms with Crippen molar-refractivity contribution < 1.29 is 18.9 Å². The Morgan fingerprint density at radius 1 is 1.14 bits per heavy atom. The second-order valence-corrected chi connectivity index (χ2v) is 5.18. The van der Waals surface area contributed by atoms with Crippen molar-refractivity contribution in [1.29, 1.82) is 0 Å². The summed E-state index contributed by atoms with van der Waals surface area (Å²) >= 11 is 0. The van der Waals surface area contributed by atoms with E-state index in [1.807, 2.05) is 12.1 Å². The van der Waals surface area contributed by atoms with Crippen LogP contribution in [0.2, 0.25) is 0 Å². The van der Waals surface area contributed by atoms with Crippen LogP contribution in [0, 0.1) is 0 Å². The van der Waals surface area contributed by atoms with Gasteiger partial charge in [0.1, 0.15) is 0 Å². The number of hydrogen-bond acceptors (Lipinski definition) is 5. The molecule has 0 bridgehead atoms. The first kappa shape index (κ1) is 15.8. The van der Waals surface area contributed by atoms with Crippen LogP contribution in [0.15, 0.2) is 12.1 Å². The number of ether oxygens (including phenoxy) is 4. The first-order valence-corrected chi connectivity index (χ1v) is 7.39. The van der Waals surface area contributed by atoms with E-state index >= 15 is 0 Å². The van der Waals surface area contributed by atoms with E-state index in [0.29, 0.717) is 29.4 Å². The Morgan fingerprint density at radius 3 is 2.33 bits per heavy atom. The first-order chi connectivity index (χ1) is 10.2. The van der Waals surface area contributed by atoms with Gasteiger partial charge in [0, 0.05) is 30.5 Å². The third-order valence-corrected chi connectivity index (χ3v) is 3.86. The van der Waals surface area contributed by atoms with Gasteiger partial charge in [0.05, 0.1) is 27.4 Å². The molecule has 0 spiro atoms. The monoisotopic (exact) mass is 295 g/mol. The van der Waals surface area contributed by atoms with Gasteiger partial charge < -0.3 is 24.3 Å². The zero-order valence-electron chi connectivity index (χ0n) is 13.3. The Kier molecular flexibility index (Phi) is 5.56. The molecule has 1 aliphatic heterocycles. The molecule has 1 aromatic rings. The summed E-state index contributed by atoms with van der Waals surface area (Å²) in [4.78, 5) is 0. The van der Waals surface area contributed by atoms with Crippen molar-refractivity contribution >= 4 is 5.69 Å². The van der Waals surface area contributed by atoms with Crippen LogP contribution in [0.1, 0.15) is 26.2 Å². The zero-order chi connectivity index (χ0) is 15.2. The quantitative estimate of drug-likeness (QED) is 0.874. The second kappa shape index (κ2) is 7.41. The molecule has 1 fully saturated rings. The summed E-state index contributed by atoms with van der Waals surface area (Å²) in [5, 5.41) is 3.55. The number of nitrogens with one attached hydrogen (secondary N) is 1. The van der Waals surface area contributed by atoms with Gasteiger partial charge in [-0.05, 0) is 19.3 Å². The van der Waals surface area contributed by atoms with Crippen molar-refractivity contribution in [3.05, 3.63) is 12.1 Å². The molecule has 0 radical (unpaired) electrons. The van der Waals surface area contributed by atoms with E-state index in [-0.39, 0.29) is 0 Å². The highest BCUT2D eigenvalue weighted by Crippen LogP contribution is 2.40. The summed E-state index contributed by atoms with van der Waals surface area (Å²) in [5.74, 6) is 1.95. The van der Waals surface area contributed by atoms with Crippen molar-refractivity contribution in [3.8, 4) is 17.2 Å². The second-order valence-electron chi connectivity index (χ2n) is 5.18. The molecule has 0 amide bonds. The molecular formula is C16H25NO4. The minimum atomic E-state index is 0.346. The molecule has 1 aliphatic rings. The molecule has 1 heterocycles. The van der Waals surface area contributed by atoms with Crippen molar-refractivity contribution in [2.24, 2.45) is 0 Å². The predicted octanol–water partition coefficient (Wildman–Crippen LogP) is 3.08. The molecule has 5 heteroatoms. The highest BCUT2D eigenvalue weighted by Gasteiger charge is 2.22. The highest BCUT2D eigenvalue weighted by molar-refractivity contribution is 5.62. The van der Waals surface area contributed by atoms with Crippen LogP contribution in [-0.2, 0) is 4.74 Å². The Balaban J connectivity index is 2.16. The molecule has 1 aromatic carbocycles. The van der Waals surface area contributed by atoms with Crippen LogP contribution in [0.25, 0.3) is 0 Å². The van der Waals surface area contributed by atoms with Crippen molar-refractivity contribution in [1.82, 2.24) is 0 Å². The lowest BCUT2D eigenvalue weighted by Crippen LogP contribution is -2.33. The Labute approximate surface area is 126 Å². The molecule has 0 aromatic heterocycles. The largest absolute Gasteiger partial charge is 0.493 e. The topological polar surface area (TPSA) is 49.0 Å². The molecule has 118 valence electrons. The number of methoxy groups -OCH3 is 3. The third kappa shape index (κ3) is 3.73. The number of anilines is 1. The number of hydrogen-bond donors (Lipinski definition) is 1. The lowest BCUT2D eigenvalue weighted by atomic mass is 10.0. The van der Waals surface area contributed by atoms with E-state index in [1.165, 1.54) is 0 Å². The minimum Gasteiger partial charge on any atom is -0.493 e. The molecule has 1 N–H and O–H groups in total. The highest BCUT2D eigenvalue weighted by atomic mass is 16.5. The van der Waals surface area contributed by atoms with Gasteiger partial charge in [-0.1, -0.05) is 6.92 Å². The Morgan fingerprint density at radius 2 is 1.81 bits per heavy atom. The average Bonchev–Trinajstić information content (AvgIpc) is 2.53. The summed E-state index contributed by atoms with van der Waals surface area (Å²) < 4.78 is 21.8. The maximum Gasteiger partial charge on any atom is 0.203 e. The van der Waals surface area contributed by atoms with E-state index < -0.39 is 0 Å². The van der Waals surface area contributed by atoms with Gasteiger partial charge >= 0.3 is 0 Å². The molecule has 2 unspecified atom stereocenters. The van der Waals surface area contributed by atoms with E-state index in [1.54, 1.807) is 21.3 Å². The van der Waals surface area contributed by atoms with Crippen LogP contribution < -0.4 is 19.5 Å². The van der Waals surface area contributed by atoms with Gasteiger partial charge in [-0.2, -0.15) is 0 Å². The fourth-order valence-corrected chi connectivity index (χ4v) is 2.70. The smallest absolute Gasteiger partial charge is 0.203 e. The van der Waals surface area contributed by atoms with Crippen molar-refractivity contribution in [2.45, 2.75) is 38.3 Å². The molecule has 0 aliphatic carbocycles. The fraction of sp³-hybridized carbons (Fsp3) is 0.625. The molecule has 1 saturated heterocycles. The third-order valence-electron chi connectivity index (χ3n) is 3.86. The molecule has 0 saturated carbocycles. The van der Waals surface area contributed by atoms with Gasteiger partial charge in [-0.15, -0.1) is 0 Å². The summed E-state index contributed by atoms with van der Waals surface area (Å²) in [7, 11) is 4.86. The van der Waals surface area contributed by atoms with Crippen LogP contribution in [0.3, 0.4) is 0 Å². The molecular weight excluding hydrogens is 270 g/mol. The van der Waals surface area contributed by atoms with Gasteiger partial charge in [0.15, 0.2) is 11.5 Å². The lowest BCUT2D eigenvalue weighted by Gasteiger charge is -2.30. The van der Waals surface area contributed by atoms with E-state index in [9.17, 15) is 0 Å². The Bertz CT molecular complexity index is 439. The normalized spacial score (nSPS) is 21.7. The molecule has 2 atom stereocenters. The molecule has 2 rings (SSSR count). The van der Waals surface area contributed by atoms with Crippen LogP contribution in [-0.4, -0.2) is 40.1 Å². The van der Waals surface area contributed by atoms with Gasteiger partial charge in [-0.3, -0.25) is 0 Å². The van der Waals surface area contributed by atoms with Gasteiger partial charge in [-0.25, -0.2) is 0 Å². The summed E-state index contributed by atoms with van der Waals surface area (Å²) in [6, 6.07) is 4.29. The van der Waals surface area contributed by atoms with E-state index in [0.717, 1.165) is 31.6 Å².